The number of hydrogen-bond donors (Lipinski definition) is 0. The SMILES string of the molecule is O=C1S/C(=C\c2cccc(OCc3ccccc3)c2)C(=O)N1Cc1ccc(Cl)cc1. The second-order valence-corrected chi connectivity index (χ2v) is 8.17. The zero-order chi connectivity index (χ0) is 20.9. The highest BCUT2D eigenvalue weighted by molar-refractivity contribution is 8.18. The first kappa shape index (κ1) is 20.3. The molecule has 0 aliphatic carbocycles. The van der Waals surface area contributed by atoms with Gasteiger partial charge in [-0.15, -0.1) is 0 Å². The van der Waals surface area contributed by atoms with E-state index in [-0.39, 0.29) is 17.7 Å². The van der Waals surface area contributed by atoms with Crippen LogP contribution in [0.15, 0.2) is 83.8 Å². The number of amides is 2. The Bertz CT molecular complexity index is 1100. The molecule has 0 radical (unpaired) electrons. The van der Waals surface area contributed by atoms with Gasteiger partial charge >= 0.3 is 0 Å². The summed E-state index contributed by atoms with van der Waals surface area (Å²) < 4.78 is 5.85. The molecule has 1 saturated heterocycles. The lowest BCUT2D eigenvalue weighted by molar-refractivity contribution is -0.123. The van der Waals surface area contributed by atoms with Crippen LogP contribution in [0.5, 0.6) is 5.75 Å². The first-order valence-electron chi connectivity index (χ1n) is 9.35. The Kier molecular flexibility index (Phi) is 6.21. The maximum atomic E-state index is 12.7. The van der Waals surface area contributed by atoms with Crippen molar-refractivity contribution in [2.75, 3.05) is 0 Å². The number of halogens is 1. The molecule has 6 heteroatoms. The summed E-state index contributed by atoms with van der Waals surface area (Å²) in [6.07, 6.45) is 1.72. The van der Waals surface area contributed by atoms with Gasteiger partial charge in [0.1, 0.15) is 12.4 Å². The van der Waals surface area contributed by atoms with Crippen molar-refractivity contribution in [3.8, 4) is 5.75 Å². The molecule has 4 rings (SSSR count). The van der Waals surface area contributed by atoms with Gasteiger partial charge in [0.25, 0.3) is 11.1 Å². The second-order valence-electron chi connectivity index (χ2n) is 6.74. The monoisotopic (exact) mass is 435 g/mol. The van der Waals surface area contributed by atoms with Crippen LogP contribution in [0, 0.1) is 0 Å². The standard InChI is InChI=1S/C24H18ClNO3S/c25-20-11-9-17(10-12-20)15-26-23(27)22(30-24(26)28)14-19-7-4-8-21(13-19)29-16-18-5-2-1-3-6-18/h1-14H,15-16H2/b22-14-. The molecule has 0 unspecified atom stereocenters. The summed E-state index contributed by atoms with van der Waals surface area (Å²) >= 11 is 6.84. The summed E-state index contributed by atoms with van der Waals surface area (Å²) in [6.45, 7) is 0.682. The van der Waals surface area contributed by atoms with E-state index in [2.05, 4.69) is 0 Å². The zero-order valence-corrected chi connectivity index (χ0v) is 17.5. The third-order valence-corrected chi connectivity index (χ3v) is 5.69. The predicted molar refractivity (Wildman–Crippen MR) is 120 cm³/mol. The number of thioether (sulfide) groups is 1. The van der Waals surface area contributed by atoms with E-state index >= 15 is 0 Å². The summed E-state index contributed by atoms with van der Waals surface area (Å²) in [4.78, 5) is 26.7. The van der Waals surface area contributed by atoms with Gasteiger partial charge in [-0.25, -0.2) is 0 Å². The molecule has 4 nitrogen and oxygen atoms in total. The van der Waals surface area contributed by atoms with Crippen LogP contribution < -0.4 is 4.74 Å². The molecule has 0 spiro atoms. The second kappa shape index (κ2) is 9.20. The molecular weight excluding hydrogens is 418 g/mol. The highest BCUT2D eigenvalue weighted by atomic mass is 35.5. The molecular formula is C24H18ClNO3S. The highest BCUT2D eigenvalue weighted by Crippen LogP contribution is 2.33. The van der Waals surface area contributed by atoms with Gasteiger partial charge in [0.05, 0.1) is 11.4 Å². The Balaban J connectivity index is 1.46. The van der Waals surface area contributed by atoms with Gasteiger partial charge in [0, 0.05) is 5.02 Å². The quantitative estimate of drug-likeness (QED) is 0.435. The maximum absolute atomic E-state index is 12.7. The third-order valence-electron chi connectivity index (χ3n) is 4.53. The number of benzene rings is 3. The average molecular weight is 436 g/mol. The Morgan fingerprint density at radius 1 is 0.900 bits per heavy atom. The Hall–Kier alpha value is -3.02. The van der Waals surface area contributed by atoms with Crippen LogP contribution in [0.25, 0.3) is 6.08 Å². The van der Waals surface area contributed by atoms with Crippen molar-refractivity contribution in [1.82, 2.24) is 4.90 Å². The lowest BCUT2D eigenvalue weighted by Gasteiger charge is -2.12. The normalized spacial score (nSPS) is 15.1. The van der Waals surface area contributed by atoms with Crippen molar-refractivity contribution in [2.24, 2.45) is 0 Å². The minimum Gasteiger partial charge on any atom is -0.489 e. The van der Waals surface area contributed by atoms with E-state index in [1.54, 1.807) is 18.2 Å². The van der Waals surface area contributed by atoms with Gasteiger partial charge in [0.2, 0.25) is 0 Å². The molecule has 3 aromatic carbocycles. The first-order valence-corrected chi connectivity index (χ1v) is 10.5. The summed E-state index contributed by atoms with van der Waals surface area (Å²) in [5.41, 5.74) is 2.73. The topological polar surface area (TPSA) is 46.6 Å². The number of hydrogen-bond acceptors (Lipinski definition) is 4. The molecule has 0 atom stereocenters. The third kappa shape index (κ3) is 4.93. The van der Waals surface area contributed by atoms with E-state index < -0.39 is 0 Å². The zero-order valence-electron chi connectivity index (χ0n) is 16.0. The fraction of sp³-hybridized carbons (Fsp3) is 0.0833. The fourth-order valence-corrected chi connectivity index (χ4v) is 3.96. The van der Waals surface area contributed by atoms with Crippen LogP contribution in [0.3, 0.4) is 0 Å². The Morgan fingerprint density at radius 3 is 2.43 bits per heavy atom. The summed E-state index contributed by atoms with van der Waals surface area (Å²) in [6, 6.07) is 24.5. The van der Waals surface area contributed by atoms with Gasteiger partial charge in [-0.2, -0.15) is 0 Å². The van der Waals surface area contributed by atoms with Crippen LogP contribution in [-0.2, 0) is 17.9 Å². The first-order chi connectivity index (χ1) is 14.6. The number of imide groups is 1. The molecule has 2 amide bonds. The number of ether oxygens (including phenoxy) is 1. The number of carbonyl (C=O) groups excluding carboxylic acids is 2. The van der Waals surface area contributed by atoms with Gasteiger partial charge < -0.3 is 4.74 Å². The molecule has 150 valence electrons. The number of rotatable bonds is 6. The van der Waals surface area contributed by atoms with E-state index in [0.717, 1.165) is 28.5 Å². The molecule has 0 N–H and O–H groups in total. The number of nitrogens with zero attached hydrogens (tertiary/aromatic N) is 1. The smallest absolute Gasteiger partial charge is 0.293 e. The van der Waals surface area contributed by atoms with Crippen LogP contribution in [0.1, 0.15) is 16.7 Å². The summed E-state index contributed by atoms with van der Waals surface area (Å²) in [7, 11) is 0. The van der Waals surface area contributed by atoms with Crippen molar-refractivity contribution < 1.29 is 14.3 Å². The molecule has 1 fully saturated rings. The Morgan fingerprint density at radius 2 is 1.67 bits per heavy atom. The predicted octanol–water partition coefficient (Wildman–Crippen LogP) is 6.16. The number of carbonyl (C=O) groups is 2. The van der Waals surface area contributed by atoms with E-state index in [0.29, 0.717) is 22.3 Å². The molecule has 30 heavy (non-hydrogen) atoms. The Labute approximate surface area is 184 Å². The van der Waals surface area contributed by atoms with Crippen molar-refractivity contribution >= 4 is 40.6 Å². The van der Waals surface area contributed by atoms with Gasteiger partial charge in [-0.1, -0.05) is 66.2 Å². The van der Waals surface area contributed by atoms with E-state index in [1.807, 2.05) is 66.7 Å². The van der Waals surface area contributed by atoms with Crippen LogP contribution >= 0.6 is 23.4 Å². The van der Waals surface area contributed by atoms with Gasteiger partial charge in [-0.05, 0) is 58.8 Å². The minimum atomic E-state index is -0.296. The fourth-order valence-electron chi connectivity index (χ4n) is 3.00. The van der Waals surface area contributed by atoms with Gasteiger partial charge in [-0.3, -0.25) is 14.5 Å². The van der Waals surface area contributed by atoms with Crippen molar-refractivity contribution in [2.45, 2.75) is 13.2 Å². The molecule has 0 saturated carbocycles. The van der Waals surface area contributed by atoms with Crippen LogP contribution in [0.4, 0.5) is 4.79 Å². The van der Waals surface area contributed by atoms with Crippen LogP contribution in [-0.4, -0.2) is 16.0 Å². The largest absolute Gasteiger partial charge is 0.489 e. The lowest BCUT2D eigenvalue weighted by atomic mass is 10.2. The van der Waals surface area contributed by atoms with E-state index in [9.17, 15) is 9.59 Å². The van der Waals surface area contributed by atoms with E-state index in [4.69, 9.17) is 16.3 Å². The van der Waals surface area contributed by atoms with Crippen molar-refractivity contribution in [1.29, 1.82) is 0 Å². The maximum Gasteiger partial charge on any atom is 0.293 e. The molecule has 0 aromatic heterocycles. The average Bonchev–Trinajstić information content (AvgIpc) is 3.02. The van der Waals surface area contributed by atoms with Crippen molar-refractivity contribution in [3.63, 3.8) is 0 Å². The summed E-state index contributed by atoms with van der Waals surface area (Å²) in [5.74, 6) is 0.406. The minimum absolute atomic E-state index is 0.222. The lowest BCUT2D eigenvalue weighted by Crippen LogP contribution is -2.27. The molecule has 1 aliphatic rings. The van der Waals surface area contributed by atoms with Gasteiger partial charge in [0.15, 0.2) is 0 Å². The van der Waals surface area contributed by atoms with Crippen LogP contribution in [0.2, 0.25) is 5.02 Å². The molecule has 3 aromatic rings. The van der Waals surface area contributed by atoms with Crippen molar-refractivity contribution in [3.05, 3.63) is 105 Å². The summed E-state index contributed by atoms with van der Waals surface area (Å²) in [5, 5.41) is 0.333. The molecule has 0 bridgehead atoms. The highest BCUT2D eigenvalue weighted by Gasteiger charge is 2.34. The molecule has 1 aliphatic heterocycles. The van der Waals surface area contributed by atoms with E-state index in [1.165, 1.54) is 4.90 Å². The molecule has 1 heterocycles.